The van der Waals surface area contributed by atoms with Crippen LogP contribution in [0.25, 0.3) is 11.3 Å². The molecule has 0 amide bonds. The van der Waals surface area contributed by atoms with Crippen LogP contribution in [0, 0.1) is 18.3 Å². The molecule has 0 fully saturated rings. The van der Waals surface area contributed by atoms with Gasteiger partial charge in [-0.25, -0.2) is 0 Å². The number of nitrogens with zero attached hydrogens (tertiary/aromatic N) is 2. The van der Waals surface area contributed by atoms with Crippen molar-refractivity contribution in [2.75, 3.05) is 5.73 Å². The third kappa shape index (κ3) is 1.57. The van der Waals surface area contributed by atoms with Crippen molar-refractivity contribution < 1.29 is 9.63 Å². The summed E-state index contributed by atoms with van der Waals surface area (Å²) in [5.41, 5.74) is 6.90. The summed E-state index contributed by atoms with van der Waals surface area (Å²) in [7, 11) is 0. The van der Waals surface area contributed by atoms with Crippen LogP contribution in [0.1, 0.15) is 11.1 Å². The highest BCUT2D eigenvalue weighted by Crippen LogP contribution is 2.29. The summed E-state index contributed by atoms with van der Waals surface area (Å²) < 4.78 is 4.98. The summed E-state index contributed by atoms with van der Waals surface area (Å²) in [6, 6.07) is 6.71. The third-order valence-corrected chi connectivity index (χ3v) is 2.23. The molecular formula is C11H9N3O2. The van der Waals surface area contributed by atoms with Crippen LogP contribution in [0.3, 0.4) is 0 Å². The van der Waals surface area contributed by atoms with Gasteiger partial charge in [-0.05, 0) is 24.6 Å². The van der Waals surface area contributed by atoms with Gasteiger partial charge in [0.25, 0.3) is 0 Å². The van der Waals surface area contributed by atoms with E-state index in [0.717, 1.165) is 0 Å². The van der Waals surface area contributed by atoms with Gasteiger partial charge in [-0.1, -0.05) is 5.16 Å². The van der Waals surface area contributed by atoms with Gasteiger partial charge < -0.3 is 15.4 Å². The number of hydrogen-bond donors (Lipinski definition) is 2. The fourth-order valence-corrected chi connectivity index (χ4v) is 1.43. The van der Waals surface area contributed by atoms with E-state index in [1.807, 2.05) is 6.07 Å². The van der Waals surface area contributed by atoms with Crippen molar-refractivity contribution in [1.82, 2.24) is 5.16 Å². The minimum Gasteiger partial charge on any atom is -0.506 e. The first-order valence-electron chi connectivity index (χ1n) is 4.58. The molecule has 0 aliphatic rings. The number of nitrogen functional groups attached to an aromatic ring is 1. The molecule has 1 aromatic carbocycles. The first-order chi connectivity index (χ1) is 7.61. The molecule has 0 radical (unpaired) electrons. The first kappa shape index (κ1) is 10.1. The van der Waals surface area contributed by atoms with Gasteiger partial charge in [0.05, 0.1) is 5.56 Å². The summed E-state index contributed by atoms with van der Waals surface area (Å²) in [5, 5.41) is 22.0. The number of aryl methyl sites for hydroxylation is 1. The Hall–Kier alpha value is -2.48. The van der Waals surface area contributed by atoms with E-state index in [-0.39, 0.29) is 17.1 Å². The van der Waals surface area contributed by atoms with Crippen molar-refractivity contribution in [2.24, 2.45) is 0 Å². The standard InChI is InChI=1S/C11H9N3O2/c1-6-2-7(3-8(5-12)11(6)15)9-4-10(13)14-16-9/h2-4,15H,1H3,(H2,13,14). The van der Waals surface area contributed by atoms with Crippen LogP contribution < -0.4 is 5.73 Å². The first-order valence-corrected chi connectivity index (χ1v) is 4.58. The smallest absolute Gasteiger partial charge is 0.169 e. The van der Waals surface area contributed by atoms with E-state index in [2.05, 4.69) is 5.16 Å². The summed E-state index contributed by atoms with van der Waals surface area (Å²) in [6.45, 7) is 1.71. The van der Waals surface area contributed by atoms with E-state index >= 15 is 0 Å². The van der Waals surface area contributed by atoms with Crippen molar-refractivity contribution in [2.45, 2.75) is 6.92 Å². The van der Waals surface area contributed by atoms with Crippen molar-refractivity contribution >= 4 is 5.82 Å². The molecule has 0 saturated carbocycles. The maximum Gasteiger partial charge on any atom is 0.169 e. The Kier molecular flexibility index (Phi) is 2.25. The maximum atomic E-state index is 9.58. The van der Waals surface area contributed by atoms with E-state index in [9.17, 15) is 5.11 Å². The summed E-state index contributed by atoms with van der Waals surface area (Å²) in [4.78, 5) is 0. The van der Waals surface area contributed by atoms with Crippen molar-refractivity contribution in [3.05, 3.63) is 29.3 Å². The number of phenols is 1. The highest BCUT2D eigenvalue weighted by molar-refractivity contribution is 5.66. The second-order valence-electron chi connectivity index (χ2n) is 3.42. The van der Waals surface area contributed by atoms with Crippen LogP contribution >= 0.6 is 0 Å². The van der Waals surface area contributed by atoms with Gasteiger partial charge in [-0.2, -0.15) is 5.26 Å². The zero-order chi connectivity index (χ0) is 11.7. The van der Waals surface area contributed by atoms with E-state index in [1.165, 1.54) is 6.07 Å². The van der Waals surface area contributed by atoms with Crippen LogP contribution in [-0.4, -0.2) is 10.3 Å². The lowest BCUT2D eigenvalue weighted by Gasteiger charge is -2.03. The number of phenolic OH excluding ortho intramolecular Hbond substituents is 1. The quantitative estimate of drug-likeness (QED) is 0.756. The molecule has 5 heteroatoms. The molecule has 0 atom stereocenters. The average Bonchev–Trinajstić information content (AvgIpc) is 2.69. The molecular weight excluding hydrogens is 206 g/mol. The number of aromatic nitrogens is 1. The van der Waals surface area contributed by atoms with Gasteiger partial charge in [0.2, 0.25) is 0 Å². The Labute approximate surface area is 91.7 Å². The Morgan fingerprint density at radius 3 is 2.75 bits per heavy atom. The third-order valence-electron chi connectivity index (χ3n) is 2.23. The molecule has 0 unspecified atom stereocenters. The van der Waals surface area contributed by atoms with Gasteiger partial charge in [0, 0.05) is 11.6 Å². The molecule has 2 rings (SSSR count). The Morgan fingerprint density at radius 1 is 1.44 bits per heavy atom. The normalized spacial score (nSPS) is 10.0. The molecule has 1 aromatic heterocycles. The minimum absolute atomic E-state index is 0.0151. The average molecular weight is 215 g/mol. The molecule has 3 N–H and O–H groups in total. The predicted molar refractivity (Wildman–Crippen MR) is 57.5 cm³/mol. The topological polar surface area (TPSA) is 96.1 Å². The van der Waals surface area contributed by atoms with Gasteiger partial charge in [-0.15, -0.1) is 0 Å². The Morgan fingerprint density at radius 2 is 2.19 bits per heavy atom. The zero-order valence-corrected chi connectivity index (χ0v) is 8.56. The minimum atomic E-state index is -0.0151. The summed E-state index contributed by atoms with van der Waals surface area (Å²) >= 11 is 0. The monoisotopic (exact) mass is 215 g/mol. The van der Waals surface area contributed by atoms with Gasteiger partial charge >= 0.3 is 0 Å². The number of benzene rings is 1. The molecule has 2 aromatic rings. The molecule has 16 heavy (non-hydrogen) atoms. The fraction of sp³-hybridized carbons (Fsp3) is 0.0909. The van der Waals surface area contributed by atoms with Crippen molar-refractivity contribution in [3.63, 3.8) is 0 Å². The second kappa shape index (κ2) is 3.59. The van der Waals surface area contributed by atoms with Gasteiger partial charge in [-0.3, -0.25) is 0 Å². The molecule has 0 bridgehead atoms. The SMILES string of the molecule is Cc1cc(-c2cc(N)no2)cc(C#N)c1O. The second-order valence-corrected chi connectivity index (χ2v) is 3.42. The predicted octanol–water partition coefficient (Wildman–Crippen LogP) is 1.81. The van der Waals surface area contributed by atoms with E-state index in [4.69, 9.17) is 15.5 Å². The number of anilines is 1. The Bertz CT molecular complexity index is 581. The molecule has 1 heterocycles. The van der Waals surface area contributed by atoms with E-state index in [0.29, 0.717) is 16.9 Å². The molecule has 0 aliphatic carbocycles. The van der Waals surface area contributed by atoms with E-state index < -0.39 is 0 Å². The number of aromatic hydroxyl groups is 1. The maximum absolute atomic E-state index is 9.58. The Balaban J connectivity index is 2.60. The van der Waals surface area contributed by atoms with Crippen LogP contribution in [0.4, 0.5) is 5.82 Å². The number of nitriles is 1. The van der Waals surface area contributed by atoms with Crippen LogP contribution in [-0.2, 0) is 0 Å². The fourth-order valence-electron chi connectivity index (χ4n) is 1.43. The lowest BCUT2D eigenvalue weighted by molar-refractivity contribution is 0.435. The van der Waals surface area contributed by atoms with Crippen molar-refractivity contribution in [1.29, 1.82) is 5.26 Å². The lowest BCUT2D eigenvalue weighted by atomic mass is 10.0. The lowest BCUT2D eigenvalue weighted by Crippen LogP contribution is -1.84. The highest BCUT2D eigenvalue weighted by Gasteiger charge is 2.11. The van der Waals surface area contributed by atoms with Crippen LogP contribution in [0.2, 0.25) is 0 Å². The molecule has 0 saturated heterocycles. The molecule has 5 nitrogen and oxygen atoms in total. The van der Waals surface area contributed by atoms with Crippen molar-refractivity contribution in [3.8, 4) is 23.1 Å². The van der Waals surface area contributed by atoms with Crippen LogP contribution in [0.15, 0.2) is 22.7 Å². The largest absolute Gasteiger partial charge is 0.506 e. The van der Waals surface area contributed by atoms with Gasteiger partial charge in [0.15, 0.2) is 11.6 Å². The zero-order valence-electron chi connectivity index (χ0n) is 8.56. The number of nitrogens with two attached hydrogens (primary N) is 1. The highest BCUT2D eigenvalue weighted by atomic mass is 16.5. The molecule has 80 valence electrons. The van der Waals surface area contributed by atoms with E-state index in [1.54, 1.807) is 19.1 Å². The molecule has 0 spiro atoms. The summed E-state index contributed by atoms with van der Waals surface area (Å²) in [5.74, 6) is 0.732. The number of hydrogen-bond acceptors (Lipinski definition) is 5. The van der Waals surface area contributed by atoms with Gasteiger partial charge in [0.1, 0.15) is 11.8 Å². The summed E-state index contributed by atoms with van der Waals surface area (Å²) in [6.07, 6.45) is 0. The number of rotatable bonds is 1. The molecule has 0 aliphatic heterocycles. The van der Waals surface area contributed by atoms with Crippen LogP contribution in [0.5, 0.6) is 5.75 Å².